The molecular weight excluding hydrogens is 332 g/mol. The Morgan fingerprint density at radius 1 is 1.39 bits per heavy atom. The third kappa shape index (κ3) is 5.03. The first-order valence-corrected chi connectivity index (χ1v) is 8.56. The van der Waals surface area contributed by atoms with Crippen molar-refractivity contribution in [3.8, 4) is 5.75 Å². The van der Waals surface area contributed by atoms with E-state index in [1.165, 1.54) is 0 Å². The van der Waals surface area contributed by atoms with Crippen LogP contribution in [0, 0.1) is 5.41 Å². The maximum absolute atomic E-state index is 12.7. The molecule has 0 spiro atoms. The first-order chi connectivity index (χ1) is 10.3. The number of nitrogens with zero attached hydrogens (tertiary/aromatic N) is 1. The lowest BCUT2D eigenvalue weighted by Gasteiger charge is -2.43. The van der Waals surface area contributed by atoms with E-state index in [4.69, 9.17) is 10.5 Å². The summed E-state index contributed by atoms with van der Waals surface area (Å²) in [5, 5.41) is -0.0986. The predicted molar refractivity (Wildman–Crippen MR) is 98.5 cm³/mol. The van der Waals surface area contributed by atoms with Gasteiger partial charge in [0.25, 0.3) is 0 Å². The smallest absolute Gasteiger partial charge is 0.235 e. The van der Waals surface area contributed by atoms with Crippen LogP contribution in [0.1, 0.15) is 27.2 Å². The van der Waals surface area contributed by atoms with Crippen molar-refractivity contribution >= 4 is 30.1 Å². The summed E-state index contributed by atoms with van der Waals surface area (Å²) in [5.74, 6) is 1.02. The molecule has 6 heteroatoms. The maximum atomic E-state index is 12.7. The number of amides is 1. The van der Waals surface area contributed by atoms with Gasteiger partial charge in [-0.15, -0.1) is 24.2 Å². The fourth-order valence-corrected chi connectivity index (χ4v) is 3.68. The number of piperidine rings is 1. The summed E-state index contributed by atoms with van der Waals surface area (Å²) in [6.45, 7) is 7.74. The number of hydrogen-bond donors (Lipinski definition) is 1. The number of methoxy groups -OCH3 is 1. The van der Waals surface area contributed by atoms with Gasteiger partial charge in [0.1, 0.15) is 5.75 Å². The van der Waals surface area contributed by atoms with Crippen LogP contribution in [0.4, 0.5) is 0 Å². The van der Waals surface area contributed by atoms with Crippen molar-refractivity contribution in [3.05, 3.63) is 24.3 Å². The Balaban J connectivity index is 0.00000264. The molecule has 0 saturated carbocycles. The molecule has 1 fully saturated rings. The van der Waals surface area contributed by atoms with Crippen LogP contribution in [0.15, 0.2) is 29.2 Å². The number of likely N-dealkylation sites (tertiary alicyclic amines) is 1. The zero-order valence-electron chi connectivity index (χ0n) is 14.2. The van der Waals surface area contributed by atoms with Crippen molar-refractivity contribution in [2.24, 2.45) is 11.1 Å². The van der Waals surface area contributed by atoms with E-state index in [9.17, 15) is 4.79 Å². The summed E-state index contributed by atoms with van der Waals surface area (Å²) in [6.07, 6.45) is 0.874. The van der Waals surface area contributed by atoms with Crippen molar-refractivity contribution in [1.29, 1.82) is 0 Å². The second kappa shape index (κ2) is 8.27. The van der Waals surface area contributed by atoms with Gasteiger partial charge in [-0.2, -0.15) is 0 Å². The molecule has 1 heterocycles. The van der Waals surface area contributed by atoms with Crippen LogP contribution in [-0.2, 0) is 4.79 Å². The summed E-state index contributed by atoms with van der Waals surface area (Å²) in [4.78, 5) is 15.7. The average Bonchev–Trinajstić information content (AvgIpc) is 2.50. The molecule has 2 rings (SSSR count). The first-order valence-electron chi connectivity index (χ1n) is 7.68. The van der Waals surface area contributed by atoms with Crippen molar-refractivity contribution in [2.75, 3.05) is 20.2 Å². The topological polar surface area (TPSA) is 55.6 Å². The molecule has 2 atom stereocenters. The molecule has 1 aliphatic rings. The SMILES string of the molecule is COc1ccc(SC(C)C(=O)N2CCC(N)C(C)(C)C2)cc1.Cl. The molecule has 130 valence electrons. The van der Waals surface area contributed by atoms with E-state index in [0.717, 1.165) is 30.2 Å². The van der Waals surface area contributed by atoms with E-state index in [0.29, 0.717) is 0 Å². The molecule has 23 heavy (non-hydrogen) atoms. The van der Waals surface area contributed by atoms with Crippen LogP contribution in [-0.4, -0.2) is 42.3 Å². The average molecular weight is 359 g/mol. The standard InChI is InChI=1S/C17H26N2O2S.ClH/c1-12(22-14-7-5-13(21-4)6-8-14)16(20)19-10-9-15(18)17(2,3)11-19;/h5-8,12,15H,9-11,18H2,1-4H3;1H. The number of rotatable bonds is 4. The Kier molecular flexibility index (Phi) is 7.24. The van der Waals surface area contributed by atoms with Crippen molar-refractivity contribution in [3.63, 3.8) is 0 Å². The van der Waals surface area contributed by atoms with Gasteiger partial charge in [0.2, 0.25) is 5.91 Å². The highest BCUT2D eigenvalue weighted by Crippen LogP contribution is 2.31. The number of carbonyl (C=O) groups excluding carboxylic acids is 1. The second-order valence-corrected chi connectivity index (χ2v) is 7.99. The molecular formula is C17H27ClN2O2S. The minimum Gasteiger partial charge on any atom is -0.497 e. The van der Waals surface area contributed by atoms with Crippen LogP contribution < -0.4 is 10.5 Å². The number of thioether (sulfide) groups is 1. The fraction of sp³-hybridized carbons (Fsp3) is 0.588. The molecule has 2 unspecified atom stereocenters. The molecule has 1 aromatic carbocycles. The normalized spacial score (nSPS) is 21.3. The molecule has 0 radical (unpaired) electrons. The number of hydrogen-bond acceptors (Lipinski definition) is 4. The van der Waals surface area contributed by atoms with Crippen molar-refractivity contribution in [2.45, 2.75) is 43.4 Å². The van der Waals surface area contributed by atoms with Crippen LogP contribution in [0.25, 0.3) is 0 Å². The van der Waals surface area contributed by atoms with Gasteiger partial charge in [-0.1, -0.05) is 13.8 Å². The number of halogens is 1. The summed E-state index contributed by atoms with van der Waals surface area (Å²) >= 11 is 1.59. The van der Waals surface area contributed by atoms with Crippen LogP contribution in [0.5, 0.6) is 5.75 Å². The van der Waals surface area contributed by atoms with Crippen LogP contribution in [0.2, 0.25) is 0 Å². The molecule has 2 N–H and O–H groups in total. The minimum atomic E-state index is -0.0986. The molecule has 1 aliphatic heterocycles. The van der Waals surface area contributed by atoms with Gasteiger partial charge in [0, 0.05) is 24.0 Å². The Labute approximate surface area is 149 Å². The highest BCUT2D eigenvalue weighted by atomic mass is 35.5. The fourth-order valence-electron chi connectivity index (χ4n) is 2.73. The Hall–Kier alpha value is -0.910. The maximum Gasteiger partial charge on any atom is 0.235 e. The monoisotopic (exact) mass is 358 g/mol. The zero-order valence-corrected chi connectivity index (χ0v) is 15.9. The Bertz CT molecular complexity index is 522. The van der Waals surface area contributed by atoms with E-state index >= 15 is 0 Å². The second-order valence-electron chi connectivity index (χ2n) is 6.58. The third-order valence-electron chi connectivity index (χ3n) is 4.34. The van der Waals surface area contributed by atoms with Gasteiger partial charge in [-0.25, -0.2) is 0 Å². The van der Waals surface area contributed by atoms with E-state index in [1.807, 2.05) is 36.1 Å². The largest absolute Gasteiger partial charge is 0.497 e. The Morgan fingerprint density at radius 2 is 2.00 bits per heavy atom. The third-order valence-corrected chi connectivity index (χ3v) is 5.44. The lowest BCUT2D eigenvalue weighted by Crippen LogP contribution is -2.55. The van der Waals surface area contributed by atoms with E-state index < -0.39 is 0 Å². The van der Waals surface area contributed by atoms with Gasteiger partial charge in [-0.05, 0) is 43.0 Å². The predicted octanol–water partition coefficient (Wildman–Crippen LogP) is 3.18. The number of carbonyl (C=O) groups is 1. The van der Waals surface area contributed by atoms with E-state index in [-0.39, 0.29) is 35.0 Å². The van der Waals surface area contributed by atoms with E-state index in [1.54, 1.807) is 18.9 Å². The number of ether oxygens (including phenoxy) is 1. The lowest BCUT2D eigenvalue weighted by atomic mass is 9.79. The molecule has 4 nitrogen and oxygen atoms in total. The van der Waals surface area contributed by atoms with Gasteiger partial charge < -0.3 is 15.4 Å². The minimum absolute atomic E-state index is 0. The van der Waals surface area contributed by atoms with E-state index in [2.05, 4.69) is 13.8 Å². The van der Waals surface area contributed by atoms with Crippen LogP contribution >= 0.6 is 24.2 Å². The van der Waals surface area contributed by atoms with Crippen LogP contribution in [0.3, 0.4) is 0 Å². The van der Waals surface area contributed by atoms with Gasteiger partial charge in [-0.3, -0.25) is 4.79 Å². The summed E-state index contributed by atoms with van der Waals surface area (Å²) in [7, 11) is 1.65. The van der Waals surface area contributed by atoms with Gasteiger partial charge in [0.05, 0.1) is 12.4 Å². The van der Waals surface area contributed by atoms with Crippen molar-refractivity contribution in [1.82, 2.24) is 4.90 Å². The summed E-state index contributed by atoms with van der Waals surface area (Å²) < 4.78 is 5.15. The summed E-state index contributed by atoms with van der Waals surface area (Å²) in [6, 6.07) is 7.98. The Morgan fingerprint density at radius 3 is 2.52 bits per heavy atom. The zero-order chi connectivity index (χ0) is 16.3. The molecule has 0 aliphatic carbocycles. The number of benzene rings is 1. The molecule has 1 amide bonds. The quantitative estimate of drug-likeness (QED) is 0.840. The molecule has 0 aromatic heterocycles. The molecule has 1 aromatic rings. The molecule has 1 saturated heterocycles. The van der Waals surface area contributed by atoms with Gasteiger partial charge in [0.15, 0.2) is 0 Å². The highest BCUT2D eigenvalue weighted by Gasteiger charge is 2.36. The van der Waals surface area contributed by atoms with Gasteiger partial charge >= 0.3 is 0 Å². The number of nitrogens with two attached hydrogens (primary N) is 1. The highest BCUT2D eigenvalue weighted by molar-refractivity contribution is 8.00. The molecule has 0 bridgehead atoms. The first kappa shape index (κ1) is 20.1. The lowest BCUT2D eigenvalue weighted by molar-refractivity contribution is -0.133. The van der Waals surface area contributed by atoms with Crippen molar-refractivity contribution < 1.29 is 9.53 Å². The summed E-state index contributed by atoms with van der Waals surface area (Å²) in [5.41, 5.74) is 6.13.